The standard InChI is InChI=1S/C75H124O6/c1-4-7-10-13-16-19-22-25-28-31-34-35-36-37-38-39-42-44-47-50-53-56-59-62-65-68-74(77)80-71-72(81-75(78)69-66-63-60-57-54-51-48-45-41-33-30-27-24-21-18-15-12-9-6-3)70-79-73(76)67-64-61-58-55-52-49-46-43-40-32-29-26-23-20-17-14-11-8-5-2/h7,9-10,12,16,18-19,21,25-30,34-35,37-38,41-42,44-45,72H,4-6,8,11,13-15,17,20,22-24,31-33,36,39-40,43,46-71H2,1-3H3/b10-7-,12-9-,19-16-,21-18-,28-25-,29-26-,30-27-,35-34-,38-37-,44-42-,45-41-. The van der Waals surface area contributed by atoms with Crippen molar-refractivity contribution in [2.75, 3.05) is 13.2 Å². The first-order chi connectivity index (χ1) is 40.0. The van der Waals surface area contributed by atoms with Gasteiger partial charge in [0.15, 0.2) is 6.10 Å². The van der Waals surface area contributed by atoms with Gasteiger partial charge >= 0.3 is 17.9 Å². The number of hydrogen-bond donors (Lipinski definition) is 0. The second-order valence-corrected chi connectivity index (χ2v) is 22.0. The summed E-state index contributed by atoms with van der Waals surface area (Å²) >= 11 is 0. The van der Waals surface area contributed by atoms with Crippen LogP contribution in [0.5, 0.6) is 0 Å². The molecule has 460 valence electrons. The summed E-state index contributed by atoms with van der Waals surface area (Å²) in [5.74, 6) is -0.918. The Labute approximate surface area is 500 Å². The zero-order valence-electron chi connectivity index (χ0n) is 52.8. The lowest BCUT2D eigenvalue weighted by molar-refractivity contribution is -0.167. The van der Waals surface area contributed by atoms with E-state index >= 15 is 0 Å². The minimum Gasteiger partial charge on any atom is -0.462 e. The van der Waals surface area contributed by atoms with E-state index in [1.807, 2.05) is 0 Å². The molecule has 0 radical (unpaired) electrons. The molecule has 6 heteroatoms. The fourth-order valence-corrected chi connectivity index (χ4v) is 9.14. The van der Waals surface area contributed by atoms with E-state index in [0.717, 1.165) is 148 Å². The highest BCUT2D eigenvalue weighted by atomic mass is 16.6. The van der Waals surface area contributed by atoms with E-state index in [-0.39, 0.29) is 31.1 Å². The summed E-state index contributed by atoms with van der Waals surface area (Å²) in [6.07, 6.45) is 95.9. The molecule has 1 atom stereocenters. The Morgan fingerprint density at radius 1 is 0.259 bits per heavy atom. The Morgan fingerprint density at radius 3 is 0.765 bits per heavy atom. The number of esters is 3. The third-order valence-electron chi connectivity index (χ3n) is 14.1. The van der Waals surface area contributed by atoms with Crippen LogP contribution in [0.3, 0.4) is 0 Å². The van der Waals surface area contributed by atoms with E-state index in [1.54, 1.807) is 0 Å². The molecule has 0 aromatic rings. The topological polar surface area (TPSA) is 78.9 Å². The van der Waals surface area contributed by atoms with Gasteiger partial charge in [-0.25, -0.2) is 0 Å². The number of ether oxygens (including phenoxy) is 3. The third kappa shape index (κ3) is 66.2. The van der Waals surface area contributed by atoms with Gasteiger partial charge in [0.1, 0.15) is 13.2 Å². The van der Waals surface area contributed by atoms with Gasteiger partial charge in [-0.1, -0.05) is 283 Å². The van der Waals surface area contributed by atoms with Crippen molar-refractivity contribution in [3.63, 3.8) is 0 Å². The number of rotatable bonds is 60. The van der Waals surface area contributed by atoms with Crippen molar-refractivity contribution in [1.29, 1.82) is 0 Å². The molecule has 0 saturated heterocycles. The lowest BCUT2D eigenvalue weighted by atomic mass is 10.1. The Balaban J connectivity index is 4.45. The fraction of sp³-hybridized carbons (Fsp3) is 0.667. The van der Waals surface area contributed by atoms with Crippen molar-refractivity contribution in [2.24, 2.45) is 0 Å². The maximum atomic E-state index is 12.9. The average molecular weight is 1120 g/mol. The Morgan fingerprint density at radius 2 is 0.481 bits per heavy atom. The van der Waals surface area contributed by atoms with Gasteiger partial charge in [-0.05, 0) is 135 Å². The number of unbranched alkanes of at least 4 members (excludes halogenated alkanes) is 27. The highest BCUT2D eigenvalue weighted by molar-refractivity contribution is 5.71. The van der Waals surface area contributed by atoms with Crippen molar-refractivity contribution >= 4 is 17.9 Å². The second kappa shape index (κ2) is 68.1. The first kappa shape index (κ1) is 76.5. The molecule has 0 aromatic heterocycles. The second-order valence-electron chi connectivity index (χ2n) is 22.0. The summed E-state index contributed by atoms with van der Waals surface area (Å²) in [6, 6.07) is 0. The number of carbonyl (C=O) groups excluding carboxylic acids is 3. The van der Waals surface area contributed by atoms with Crippen LogP contribution in [0.4, 0.5) is 0 Å². The molecule has 81 heavy (non-hydrogen) atoms. The van der Waals surface area contributed by atoms with Crippen molar-refractivity contribution in [2.45, 2.75) is 309 Å². The molecule has 0 bridgehead atoms. The fourth-order valence-electron chi connectivity index (χ4n) is 9.14. The Kier molecular flexibility index (Phi) is 64.3. The monoisotopic (exact) mass is 1120 g/mol. The van der Waals surface area contributed by atoms with Crippen LogP contribution < -0.4 is 0 Å². The van der Waals surface area contributed by atoms with Gasteiger partial charge < -0.3 is 14.2 Å². The van der Waals surface area contributed by atoms with E-state index in [2.05, 4.69) is 154 Å². The highest BCUT2D eigenvalue weighted by Crippen LogP contribution is 2.16. The molecular weight excluding hydrogens is 997 g/mol. The van der Waals surface area contributed by atoms with Crippen molar-refractivity contribution in [3.8, 4) is 0 Å². The summed E-state index contributed by atoms with van der Waals surface area (Å²) in [5, 5.41) is 0. The molecule has 0 N–H and O–H groups in total. The molecule has 0 aromatic carbocycles. The minimum absolute atomic E-state index is 0.0926. The third-order valence-corrected chi connectivity index (χ3v) is 14.1. The van der Waals surface area contributed by atoms with E-state index in [4.69, 9.17) is 14.2 Å². The van der Waals surface area contributed by atoms with Crippen molar-refractivity contribution < 1.29 is 28.6 Å². The molecule has 6 nitrogen and oxygen atoms in total. The zero-order chi connectivity index (χ0) is 58.5. The first-order valence-electron chi connectivity index (χ1n) is 33.7. The minimum atomic E-state index is -0.800. The summed E-state index contributed by atoms with van der Waals surface area (Å²) in [6.45, 7) is 6.40. The SMILES string of the molecule is CC/C=C\C/C=C\C/C=C\C/C=C\C/C=C\C/C=C\CCCCCCCCC(=O)OCC(COC(=O)CCCCCCCCCCC/C=C\CCCCCCCC)OC(=O)CCCCCCCC/C=C\C/C=C\C/C=C\C/C=C\CC. The average Bonchev–Trinajstić information content (AvgIpc) is 3.47. The van der Waals surface area contributed by atoms with Crippen LogP contribution in [-0.2, 0) is 28.6 Å². The normalized spacial score (nSPS) is 13.0. The zero-order valence-corrected chi connectivity index (χ0v) is 52.8. The van der Waals surface area contributed by atoms with Crippen LogP contribution in [0, 0.1) is 0 Å². The number of hydrogen-bond acceptors (Lipinski definition) is 6. The summed E-state index contributed by atoms with van der Waals surface area (Å²) in [4.78, 5) is 38.4. The van der Waals surface area contributed by atoms with Gasteiger partial charge in [0, 0.05) is 19.3 Å². The molecule has 0 amide bonds. The largest absolute Gasteiger partial charge is 0.462 e. The van der Waals surface area contributed by atoms with Gasteiger partial charge in [0.2, 0.25) is 0 Å². The molecule has 0 saturated carbocycles. The van der Waals surface area contributed by atoms with Crippen molar-refractivity contribution in [3.05, 3.63) is 134 Å². The van der Waals surface area contributed by atoms with Gasteiger partial charge in [0.05, 0.1) is 0 Å². The Hall–Kier alpha value is -4.45. The Bertz CT molecular complexity index is 1720. The molecule has 0 rings (SSSR count). The van der Waals surface area contributed by atoms with Crippen molar-refractivity contribution in [1.82, 2.24) is 0 Å². The predicted molar refractivity (Wildman–Crippen MR) is 353 cm³/mol. The van der Waals surface area contributed by atoms with Gasteiger partial charge in [-0.3, -0.25) is 14.4 Å². The molecular formula is C75H124O6. The van der Waals surface area contributed by atoms with E-state index < -0.39 is 6.10 Å². The summed E-state index contributed by atoms with van der Waals surface area (Å²) in [5.41, 5.74) is 0. The molecule has 1 unspecified atom stereocenters. The number of allylic oxidation sites excluding steroid dienone is 22. The predicted octanol–water partition coefficient (Wildman–Crippen LogP) is 23.3. The van der Waals surface area contributed by atoms with Crippen LogP contribution >= 0.6 is 0 Å². The summed E-state index contributed by atoms with van der Waals surface area (Å²) < 4.78 is 17.0. The molecule has 0 heterocycles. The quantitative estimate of drug-likeness (QED) is 0.0261. The molecule has 0 fully saturated rings. The maximum absolute atomic E-state index is 12.9. The lowest BCUT2D eigenvalue weighted by Crippen LogP contribution is -2.30. The molecule has 0 aliphatic carbocycles. The van der Waals surface area contributed by atoms with Gasteiger partial charge in [-0.2, -0.15) is 0 Å². The van der Waals surface area contributed by atoms with Gasteiger partial charge in [-0.15, -0.1) is 0 Å². The van der Waals surface area contributed by atoms with Gasteiger partial charge in [0.25, 0.3) is 0 Å². The van der Waals surface area contributed by atoms with Crippen LogP contribution in [0.1, 0.15) is 303 Å². The number of carbonyl (C=O) groups is 3. The first-order valence-corrected chi connectivity index (χ1v) is 33.7. The molecule has 0 aliphatic rings. The summed E-state index contributed by atoms with van der Waals surface area (Å²) in [7, 11) is 0. The lowest BCUT2D eigenvalue weighted by Gasteiger charge is -2.18. The van der Waals surface area contributed by atoms with Crippen LogP contribution in [0.15, 0.2) is 134 Å². The van der Waals surface area contributed by atoms with Crippen LogP contribution in [0.2, 0.25) is 0 Å². The molecule has 0 spiro atoms. The van der Waals surface area contributed by atoms with Crippen LogP contribution in [-0.4, -0.2) is 37.2 Å². The van der Waals surface area contributed by atoms with E-state index in [0.29, 0.717) is 19.3 Å². The van der Waals surface area contributed by atoms with E-state index in [1.165, 1.54) is 116 Å². The maximum Gasteiger partial charge on any atom is 0.306 e. The van der Waals surface area contributed by atoms with Crippen LogP contribution in [0.25, 0.3) is 0 Å². The smallest absolute Gasteiger partial charge is 0.306 e. The van der Waals surface area contributed by atoms with E-state index in [9.17, 15) is 14.4 Å². The highest BCUT2D eigenvalue weighted by Gasteiger charge is 2.19. The molecule has 0 aliphatic heterocycles.